The Morgan fingerprint density at radius 1 is 1.53 bits per heavy atom. The summed E-state index contributed by atoms with van der Waals surface area (Å²) in [5, 5.41) is 7.71. The number of hydrogen-bond acceptors (Lipinski definition) is 4. The molecule has 0 bridgehead atoms. The first kappa shape index (κ1) is 12.9. The number of nitrogens with one attached hydrogen (secondary N) is 1. The van der Waals surface area contributed by atoms with Crippen molar-refractivity contribution < 1.29 is 0 Å². The van der Waals surface area contributed by atoms with Crippen LogP contribution in [-0.2, 0) is 0 Å². The summed E-state index contributed by atoms with van der Waals surface area (Å²) in [6, 6.07) is 0. The predicted molar refractivity (Wildman–Crippen MR) is 72.4 cm³/mol. The van der Waals surface area contributed by atoms with Crippen LogP contribution in [0.4, 0.5) is 0 Å². The quantitative estimate of drug-likeness (QED) is 0.874. The van der Waals surface area contributed by atoms with Crippen LogP contribution in [-0.4, -0.2) is 51.2 Å². The van der Waals surface area contributed by atoms with E-state index in [1.807, 2.05) is 11.8 Å². The largest absolute Gasteiger partial charge is 0.303 e. The number of rotatable bonds is 5. The first-order chi connectivity index (χ1) is 8.29. The topological polar surface area (TPSA) is 44.8 Å². The van der Waals surface area contributed by atoms with E-state index in [1.54, 1.807) is 6.33 Å². The second kappa shape index (κ2) is 6.40. The molecule has 1 aromatic heterocycles. The number of H-pyrrole nitrogens is 1. The molecule has 1 saturated heterocycles. The maximum absolute atomic E-state index is 4.26. The number of nitrogens with zero attached hydrogens (tertiary/aromatic N) is 3. The van der Waals surface area contributed by atoms with Gasteiger partial charge in [-0.1, -0.05) is 6.92 Å². The molecule has 2 rings (SSSR count). The Bertz CT molecular complexity index is 306. The van der Waals surface area contributed by atoms with E-state index in [2.05, 4.69) is 33.3 Å². The zero-order chi connectivity index (χ0) is 12.1. The first-order valence-electron chi connectivity index (χ1n) is 6.40. The molecule has 0 spiro atoms. The molecule has 0 aromatic carbocycles. The molecule has 4 nitrogen and oxygen atoms in total. The molecule has 17 heavy (non-hydrogen) atoms. The van der Waals surface area contributed by atoms with E-state index in [0.717, 1.165) is 11.1 Å². The Balaban J connectivity index is 1.71. The molecule has 0 unspecified atom stereocenters. The lowest BCUT2D eigenvalue weighted by molar-refractivity contribution is 0.207. The average Bonchev–Trinajstić information content (AvgIpc) is 2.90. The highest BCUT2D eigenvalue weighted by molar-refractivity contribution is 7.99. The van der Waals surface area contributed by atoms with Crippen molar-refractivity contribution in [2.75, 3.05) is 25.9 Å². The number of aromatic amines is 1. The van der Waals surface area contributed by atoms with Crippen molar-refractivity contribution in [3.63, 3.8) is 0 Å². The molecule has 2 heterocycles. The number of likely N-dealkylation sites (tertiary alicyclic amines) is 1. The van der Waals surface area contributed by atoms with Crippen LogP contribution in [0.25, 0.3) is 0 Å². The van der Waals surface area contributed by atoms with Crippen molar-refractivity contribution in [3.05, 3.63) is 12.2 Å². The minimum absolute atomic E-state index is 0.590. The van der Waals surface area contributed by atoms with Gasteiger partial charge in [-0.3, -0.25) is 5.10 Å². The number of hydrogen-bond donors (Lipinski definition) is 1. The van der Waals surface area contributed by atoms with Gasteiger partial charge in [-0.25, -0.2) is 4.98 Å². The highest BCUT2D eigenvalue weighted by atomic mass is 32.2. The Morgan fingerprint density at radius 3 is 2.88 bits per heavy atom. The molecule has 96 valence electrons. The maximum atomic E-state index is 4.26. The van der Waals surface area contributed by atoms with Crippen molar-refractivity contribution in [1.82, 2.24) is 20.1 Å². The molecular formula is C12H22N4S. The molecule has 0 saturated carbocycles. The van der Waals surface area contributed by atoms with Crippen LogP contribution in [0.2, 0.25) is 0 Å². The van der Waals surface area contributed by atoms with Gasteiger partial charge in [0, 0.05) is 11.2 Å². The van der Waals surface area contributed by atoms with E-state index < -0.39 is 0 Å². The Kier molecular flexibility index (Phi) is 4.86. The fourth-order valence-corrected chi connectivity index (χ4v) is 2.66. The van der Waals surface area contributed by atoms with E-state index in [4.69, 9.17) is 0 Å². The number of thioether (sulfide) groups is 1. The molecule has 1 fully saturated rings. The van der Waals surface area contributed by atoms with Crippen molar-refractivity contribution in [3.8, 4) is 0 Å². The highest BCUT2D eigenvalue weighted by Gasteiger charge is 2.22. The lowest BCUT2D eigenvalue weighted by Crippen LogP contribution is -2.34. The summed E-state index contributed by atoms with van der Waals surface area (Å²) >= 11 is 1.96. The third-order valence-electron chi connectivity index (χ3n) is 3.66. The van der Waals surface area contributed by atoms with E-state index in [1.165, 1.54) is 38.9 Å². The van der Waals surface area contributed by atoms with Crippen LogP contribution < -0.4 is 0 Å². The molecule has 5 heteroatoms. The van der Waals surface area contributed by atoms with Gasteiger partial charge in [0.2, 0.25) is 0 Å². The van der Waals surface area contributed by atoms with Gasteiger partial charge in [-0.15, -0.1) is 0 Å². The molecule has 1 aromatic rings. The minimum atomic E-state index is 0.590. The van der Waals surface area contributed by atoms with Crippen LogP contribution >= 0.6 is 11.8 Å². The van der Waals surface area contributed by atoms with Crippen molar-refractivity contribution in [1.29, 1.82) is 0 Å². The first-order valence-corrected chi connectivity index (χ1v) is 7.68. The van der Waals surface area contributed by atoms with Crippen LogP contribution in [0.1, 0.15) is 37.9 Å². The summed E-state index contributed by atoms with van der Waals surface area (Å²) in [6.45, 7) is 5.95. The van der Waals surface area contributed by atoms with E-state index >= 15 is 0 Å². The molecule has 0 radical (unpaired) electrons. The third kappa shape index (κ3) is 3.71. The number of aromatic nitrogens is 3. The Hall–Kier alpha value is -0.550. The molecule has 0 aliphatic carbocycles. The molecule has 1 aliphatic heterocycles. The predicted octanol–water partition coefficient (Wildman–Crippen LogP) is 2.13. The van der Waals surface area contributed by atoms with Crippen molar-refractivity contribution in [2.45, 2.75) is 37.4 Å². The fourth-order valence-electron chi connectivity index (χ4n) is 2.32. The van der Waals surface area contributed by atoms with Gasteiger partial charge in [0.1, 0.15) is 12.2 Å². The zero-order valence-corrected chi connectivity index (χ0v) is 11.5. The monoisotopic (exact) mass is 254 g/mol. The van der Waals surface area contributed by atoms with Crippen molar-refractivity contribution >= 4 is 11.8 Å². The summed E-state index contributed by atoms with van der Waals surface area (Å²) < 4.78 is 0. The SMILES string of the molecule is CS[C@H](C)CCN1CCC(c2ncn[nH]2)CC1. The standard InChI is InChI=1S/C12H22N4S/c1-10(17-2)3-6-16-7-4-11(5-8-16)12-13-9-14-15-12/h9-11H,3-8H2,1-2H3,(H,13,14,15)/t10-/m1/s1. The van der Waals surface area contributed by atoms with Gasteiger partial charge in [-0.05, 0) is 45.2 Å². The van der Waals surface area contributed by atoms with E-state index in [-0.39, 0.29) is 0 Å². The number of piperidine rings is 1. The lowest BCUT2D eigenvalue weighted by Gasteiger charge is -2.31. The normalized spacial score (nSPS) is 20.6. The van der Waals surface area contributed by atoms with Gasteiger partial charge in [0.05, 0.1) is 0 Å². The summed E-state index contributed by atoms with van der Waals surface area (Å²) in [4.78, 5) is 6.85. The van der Waals surface area contributed by atoms with Gasteiger partial charge in [-0.2, -0.15) is 16.9 Å². The summed E-state index contributed by atoms with van der Waals surface area (Å²) in [5.41, 5.74) is 0. The highest BCUT2D eigenvalue weighted by Crippen LogP contribution is 2.25. The lowest BCUT2D eigenvalue weighted by atomic mass is 9.96. The molecular weight excluding hydrogens is 232 g/mol. The van der Waals surface area contributed by atoms with E-state index in [0.29, 0.717) is 5.92 Å². The third-order valence-corrected chi connectivity index (χ3v) is 4.70. The van der Waals surface area contributed by atoms with Crippen LogP contribution in [0.3, 0.4) is 0 Å². The van der Waals surface area contributed by atoms with Gasteiger partial charge < -0.3 is 4.90 Å². The van der Waals surface area contributed by atoms with E-state index in [9.17, 15) is 0 Å². The molecule has 1 atom stereocenters. The molecule has 1 aliphatic rings. The fraction of sp³-hybridized carbons (Fsp3) is 0.833. The van der Waals surface area contributed by atoms with Crippen LogP contribution in [0.15, 0.2) is 6.33 Å². The van der Waals surface area contributed by atoms with Crippen LogP contribution in [0.5, 0.6) is 0 Å². The summed E-state index contributed by atoms with van der Waals surface area (Å²) in [5.74, 6) is 1.66. The minimum Gasteiger partial charge on any atom is -0.303 e. The molecule has 0 amide bonds. The zero-order valence-electron chi connectivity index (χ0n) is 10.7. The summed E-state index contributed by atoms with van der Waals surface area (Å²) in [7, 11) is 0. The van der Waals surface area contributed by atoms with Gasteiger partial charge >= 0.3 is 0 Å². The second-order valence-electron chi connectivity index (χ2n) is 4.82. The Labute approximate surface area is 108 Å². The van der Waals surface area contributed by atoms with Crippen molar-refractivity contribution in [2.24, 2.45) is 0 Å². The Morgan fingerprint density at radius 2 is 2.29 bits per heavy atom. The van der Waals surface area contributed by atoms with Crippen LogP contribution in [0, 0.1) is 0 Å². The smallest absolute Gasteiger partial charge is 0.137 e. The summed E-state index contributed by atoms with van der Waals surface area (Å²) in [6.07, 6.45) is 7.53. The molecule has 1 N–H and O–H groups in total. The second-order valence-corrected chi connectivity index (χ2v) is 6.10. The average molecular weight is 254 g/mol. The van der Waals surface area contributed by atoms with Gasteiger partial charge in [0.25, 0.3) is 0 Å². The van der Waals surface area contributed by atoms with Gasteiger partial charge in [0.15, 0.2) is 0 Å². The maximum Gasteiger partial charge on any atom is 0.137 e.